The lowest BCUT2D eigenvalue weighted by Crippen LogP contribution is -2.32. The van der Waals surface area contributed by atoms with Crippen LogP contribution in [0.25, 0.3) is 0 Å². The van der Waals surface area contributed by atoms with E-state index in [0.29, 0.717) is 6.10 Å². The van der Waals surface area contributed by atoms with Crippen molar-refractivity contribution in [1.29, 1.82) is 0 Å². The molecule has 1 heterocycles. The lowest BCUT2D eigenvalue weighted by molar-refractivity contribution is -0.0252. The Morgan fingerprint density at radius 2 is 2.26 bits per heavy atom. The van der Waals surface area contributed by atoms with E-state index in [1.165, 1.54) is 12.8 Å². The van der Waals surface area contributed by atoms with E-state index in [1.54, 1.807) is 0 Å². The van der Waals surface area contributed by atoms with Crippen LogP contribution in [-0.4, -0.2) is 30.8 Å². The number of hydrogen-bond acceptors (Lipinski definition) is 4. The average Bonchev–Trinajstić information content (AvgIpc) is 2.80. The monoisotopic (exact) mass is 266 g/mol. The molecule has 0 radical (unpaired) electrons. The van der Waals surface area contributed by atoms with Gasteiger partial charge in [0.2, 0.25) is 0 Å². The zero-order chi connectivity index (χ0) is 13.5. The van der Waals surface area contributed by atoms with Crippen LogP contribution in [0.4, 0.5) is 0 Å². The normalized spacial score (nSPS) is 22.4. The van der Waals surface area contributed by atoms with E-state index in [4.69, 9.17) is 9.15 Å². The summed E-state index contributed by atoms with van der Waals surface area (Å²) in [5, 5.41) is 3.31. The molecule has 1 aromatic rings. The first-order valence-electron chi connectivity index (χ1n) is 7.57. The minimum absolute atomic E-state index is 0.484. The molecule has 0 aliphatic heterocycles. The maximum absolute atomic E-state index is 5.79. The van der Waals surface area contributed by atoms with E-state index in [1.807, 2.05) is 6.20 Å². The number of nitrogens with zero attached hydrogens (tertiary/aromatic N) is 1. The SMILES string of the molecule is CCNCCCc1ncc(CC2CC(OCC)C2)o1. The first-order valence-corrected chi connectivity index (χ1v) is 7.57. The van der Waals surface area contributed by atoms with Crippen LogP contribution >= 0.6 is 0 Å². The second-order valence-electron chi connectivity index (χ2n) is 5.30. The number of oxazole rings is 1. The third kappa shape index (κ3) is 4.62. The molecule has 0 unspecified atom stereocenters. The predicted octanol–water partition coefficient (Wildman–Crippen LogP) is 2.57. The number of rotatable bonds is 9. The number of aromatic nitrogens is 1. The largest absolute Gasteiger partial charge is 0.446 e. The zero-order valence-corrected chi connectivity index (χ0v) is 12.2. The van der Waals surface area contributed by atoms with Crippen molar-refractivity contribution in [3.63, 3.8) is 0 Å². The van der Waals surface area contributed by atoms with Gasteiger partial charge in [-0.15, -0.1) is 0 Å². The summed E-state index contributed by atoms with van der Waals surface area (Å²) in [6.07, 6.45) is 7.76. The molecule has 0 aromatic carbocycles. The van der Waals surface area contributed by atoms with Crippen LogP contribution in [0.5, 0.6) is 0 Å². The smallest absolute Gasteiger partial charge is 0.194 e. The summed E-state index contributed by atoms with van der Waals surface area (Å²) in [6.45, 7) is 7.07. The molecule has 19 heavy (non-hydrogen) atoms. The molecule has 2 rings (SSSR count). The summed E-state index contributed by atoms with van der Waals surface area (Å²) in [6, 6.07) is 0. The van der Waals surface area contributed by atoms with Crippen molar-refractivity contribution in [1.82, 2.24) is 10.3 Å². The molecule has 0 amide bonds. The van der Waals surface area contributed by atoms with Crippen LogP contribution in [0.15, 0.2) is 10.6 Å². The van der Waals surface area contributed by atoms with Crippen molar-refractivity contribution < 1.29 is 9.15 Å². The van der Waals surface area contributed by atoms with E-state index in [2.05, 4.69) is 24.1 Å². The van der Waals surface area contributed by atoms with Crippen LogP contribution in [0, 0.1) is 5.92 Å². The summed E-state index contributed by atoms with van der Waals surface area (Å²) in [5.74, 6) is 2.64. The van der Waals surface area contributed by atoms with Gasteiger partial charge in [-0.25, -0.2) is 4.98 Å². The Morgan fingerprint density at radius 1 is 1.42 bits per heavy atom. The third-order valence-electron chi connectivity index (χ3n) is 3.68. The van der Waals surface area contributed by atoms with Gasteiger partial charge in [0.1, 0.15) is 5.76 Å². The number of aryl methyl sites for hydroxylation is 1. The van der Waals surface area contributed by atoms with Gasteiger partial charge in [-0.3, -0.25) is 0 Å². The molecular weight excluding hydrogens is 240 g/mol. The van der Waals surface area contributed by atoms with Crippen molar-refractivity contribution in [2.24, 2.45) is 5.92 Å². The van der Waals surface area contributed by atoms with Crippen LogP contribution in [0.3, 0.4) is 0 Å². The molecule has 1 saturated carbocycles. The fraction of sp³-hybridized carbons (Fsp3) is 0.800. The van der Waals surface area contributed by atoms with Gasteiger partial charge in [-0.1, -0.05) is 6.92 Å². The molecule has 0 bridgehead atoms. The van der Waals surface area contributed by atoms with Gasteiger partial charge in [0.15, 0.2) is 5.89 Å². The molecule has 0 saturated heterocycles. The quantitative estimate of drug-likeness (QED) is 0.698. The molecule has 1 aromatic heterocycles. The van der Waals surface area contributed by atoms with Gasteiger partial charge in [-0.2, -0.15) is 0 Å². The Kier molecular flexibility index (Phi) is 5.86. The minimum Gasteiger partial charge on any atom is -0.446 e. The Balaban J connectivity index is 1.64. The topological polar surface area (TPSA) is 47.3 Å². The van der Waals surface area contributed by atoms with Crippen molar-refractivity contribution in [2.75, 3.05) is 19.7 Å². The van der Waals surface area contributed by atoms with Crippen molar-refractivity contribution in [2.45, 2.75) is 52.1 Å². The molecule has 0 spiro atoms. The number of hydrogen-bond donors (Lipinski definition) is 1. The lowest BCUT2D eigenvalue weighted by atomic mass is 9.79. The van der Waals surface area contributed by atoms with Gasteiger partial charge in [0, 0.05) is 19.4 Å². The Bertz CT molecular complexity index is 359. The van der Waals surface area contributed by atoms with Gasteiger partial charge in [0.25, 0.3) is 0 Å². The first kappa shape index (κ1) is 14.5. The minimum atomic E-state index is 0.484. The maximum Gasteiger partial charge on any atom is 0.194 e. The maximum atomic E-state index is 5.79. The Hall–Kier alpha value is -0.870. The first-order chi connectivity index (χ1) is 9.31. The van der Waals surface area contributed by atoms with Gasteiger partial charge >= 0.3 is 0 Å². The van der Waals surface area contributed by atoms with E-state index in [9.17, 15) is 0 Å². The molecule has 4 heteroatoms. The summed E-state index contributed by atoms with van der Waals surface area (Å²) < 4.78 is 11.4. The second kappa shape index (κ2) is 7.65. The predicted molar refractivity (Wildman–Crippen MR) is 75.2 cm³/mol. The molecule has 108 valence electrons. The van der Waals surface area contributed by atoms with Crippen molar-refractivity contribution in [3.8, 4) is 0 Å². The van der Waals surface area contributed by atoms with Crippen LogP contribution < -0.4 is 5.32 Å². The molecule has 4 nitrogen and oxygen atoms in total. The molecule has 1 aliphatic rings. The highest BCUT2D eigenvalue weighted by atomic mass is 16.5. The molecule has 1 aliphatic carbocycles. The average molecular weight is 266 g/mol. The van der Waals surface area contributed by atoms with Gasteiger partial charge in [-0.05, 0) is 45.2 Å². The fourth-order valence-corrected chi connectivity index (χ4v) is 2.60. The number of ether oxygens (including phenoxy) is 1. The van der Waals surface area contributed by atoms with Crippen molar-refractivity contribution in [3.05, 3.63) is 17.8 Å². The molecular formula is C15H26N2O2. The van der Waals surface area contributed by atoms with Crippen LogP contribution in [0.2, 0.25) is 0 Å². The summed E-state index contributed by atoms with van der Waals surface area (Å²) in [7, 11) is 0. The van der Waals surface area contributed by atoms with Gasteiger partial charge in [0.05, 0.1) is 12.3 Å². The zero-order valence-electron chi connectivity index (χ0n) is 12.2. The van der Waals surface area contributed by atoms with Gasteiger partial charge < -0.3 is 14.5 Å². The van der Waals surface area contributed by atoms with Crippen LogP contribution in [0.1, 0.15) is 44.8 Å². The molecule has 0 atom stereocenters. The highest BCUT2D eigenvalue weighted by molar-refractivity contribution is 4.98. The summed E-state index contributed by atoms with van der Waals surface area (Å²) in [5.41, 5.74) is 0. The number of nitrogens with one attached hydrogen (secondary N) is 1. The third-order valence-corrected chi connectivity index (χ3v) is 3.68. The Morgan fingerprint density at radius 3 is 3.00 bits per heavy atom. The standard InChI is InChI=1S/C15H26N2O2/c1-3-16-7-5-6-15-17-11-14(19-15)10-12-8-13(9-12)18-4-2/h11-13,16H,3-10H2,1-2H3. The van der Waals surface area contributed by atoms with E-state index in [-0.39, 0.29) is 0 Å². The second-order valence-corrected chi connectivity index (χ2v) is 5.30. The highest BCUT2D eigenvalue weighted by Gasteiger charge is 2.30. The molecule has 1 N–H and O–H groups in total. The molecule has 1 fully saturated rings. The summed E-state index contributed by atoms with van der Waals surface area (Å²) >= 11 is 0. The highest BCUT2D eigenvalue weighted by Crippen LogP contribution is 2.32. The van der Waals surface area contributed by atoms with Crippen molar-refractivity contribution >= 4 is 0 Å². The Labute approximate surface area is 115 Å². The van der Waals surface area contributed by atoms with Crippen LogP contribution in [-0.2, 0) is 17.6 Å². The lowest BCUT2D eigenvalue weighted by Gasteiger charge is -2.34. The fourth-order valence-electron chi connectivity index (χ4n) is 2.60. The van der Waals surface area contributed by atoms with E-state index < -0.39 is 0 Å². The van der Waals surface area contributed by atoms with E-state index in [0.717, 1.165) is 56.5 Å². The summed E-state index contributed by atoms with van der Waals surface area (Å²) in [4.78, 5) is 4.35. The van der Waals surface area contributed by atoms with E-state index >= 15 is 0 Å².